The van der Waals surface area contributed by atoms with Gasteiger partial charge in [-0.15, -0.1) is 0 Å². The van der Waals surface area contributed by atoms with Gasteiger partial charge in [-0.1, -0.05) is 44.2 Å². The number of halogens is 1. The first kappa shape index (κ1) is 18.4. The predicted octanol–water partition coefficient (Wildman–Crippen LogP) is 3.31. The van der Waals surface area contributed by atoms with E-state index in [2.05, 4.69) is 6.08 Å². The Labute approximate surface area is 155 Å². The molecule has 0 aromatic carbocycles. The van der Waals surface area contributed by atoms with Crippen LogP contribution in [0.5, 0.6) is 0 Å². The van der Waals surface area contributed by atoms with Crippen LogP contribution in [0.4, 0.5) is 4.39 Å². The number of allylic oxidation sites excluding steroid dienone is 6. The number of aliphatic hydroxyl groups is 3. The standard InChI is InChI=1S/C22H31FO3/c1-14-12-17-16-8-7-15-6-4-5-9-19(15,2)22(16,23)18(25)13-20(17,3)21(14,26)10-11-24/h4-7,9,14,16-18,24-26H,8,10-13H2,1-3H3/t14-,16-,17-,18-,19-,20-,21+,22-/m0/s1. The Hall–Kier alpha value is -0.970. The van der Waals surface area contributed by atoms with E-state index in [0.29, 0.717) is 6.42 Å². The van der Waals surface area contributed by atoms with E-state index in [1.807, 2.05) is 45.1 Å². The van der Waals surface area contributed by atoms with Crippen LogP contribution in [0.15, 0.2) is 36.0 Å². The highest BCUT2D eigenvalue weighted by atomic mass is 19.1. The molecule has 4 aliphatic carbocycles. The second-order valence-corrected chi connectivity index (χ2v) is 9.47. The number of hydrogen-bond acceptors (Lipinski definition) is 3. The molecule has 0 radical (unpaired) electrons. The Balaban J connectivity index is 1.84. The van der Waals surface area contributed by atoms with Crippen LogP contribution in [0, 0.1) is 28.6 Å². The molecule has 3 N–H and O–H groups in total. The molecule has 3 nitrogen and oxygen atoms in total. The van der Waals surface area contributed by atoms with Crippen molar-refractivity contribution in [2.75, 3.05) is 6.61 Å². The number of alkyl halides is 1. The monoisotopic (exact) mass is 362 g/mol. The number of hydrogen-bond donors (Lipinski definition) is 3. The Morgan fingerprint density at radius 1 is 1.23 bits per heavy atom. The maximum Gasteiger partial charge on any atom is 0.152 e. The van der Waals surface area contributed by atoms with E-state index in [9.17, 15) is 15.3 Å². The molecule has 2 fully saturated rings. The number of fused-ring (bicyclic) bond motifs is 5. The van der Waals surface area contributed by atoms with Gasteiger partial charge in [0.15, 0.2) is 5.67 Å². The quantitative estimate of drug-likeness (QED) is 0.706. The van der Waals surface area contributed by atoms with Gasteiger partial charge in [0.2, 0.25) is 0 Å². The van der Waals surface area contributed by atoms with Crippen molar-refractivity contribution < 1.29 is 19.7 Å². The fourth-order valence-corrected chi connectivity index (χ4v) is 7.08. The number of rotatable bonds is 2. The summed E-state index contributed by atoms with van der Waals surface area (Å²) in [7, 11) is 0. The molecule has 0 saturated heterocycles. The average Bonchev–Trinajstić information content (AvgIpc) is 2.77. The lowest BCUT2D eigenvalue weighted by molar-refractivity contribution is -0.216. The maximum absolute atomic E-state index is 16.8. The minimum Gasteiger partial charge on any atom is -0.396 e. The van der Waals surface area contributed by atoms with Crippen LogP contribution in [-0.2, 0) is 0 Å². The summed E-state index contributed by atoms with van der Waals surface area (Å²) in [6.45, 7) is 5.80. The molecular formula is C22H31FO3. The second kappa shape index (κ2) is 5.52. The topological polar surface area (TPSA) is 60.7 Å². The Bertz CT molecular complexity index is 700. The lowest BCUT2D eigenvalue weighted by Crippen LogP contribution is -2.67. The van der Waals surface area contributed by atoms with E-state index < -0.39 is 28.2 Å². The van der Waals surface area contributed by atoms with Crippen LogP contribution in [-0.4, -0.2) is 39.3 Å². The third-order valence-corrected chi connectivity index (χ3v) is 8.65. The maximum atomic E-state index is 16.8. The summed E-state index contributed by atoms with van der Waals surface area (Å²) in [5.74, 6) is -0.383. The van der Waals surface area contributed by atoms with Crippen molar-refractivity contribution in [2.24, 2.45) is 28.6 Å². The van der Waals surface area contributed by atoms with Crippen molar-refractivity contribution in [2.45, 2.75) is 63.8 Å². The molecule has 0 heterocycles. The normalized spacial score (nSPS) is 55.1. The molecule has 4 heteroatoms. The van der Waals surface area contributed by atoms with E-state index in [1.54, 1.807) is 0 Å². The molecule has 0 unspecified atom stereocenters. The van der Waals surface area contributed by atoms with Crippen molar-refractivity contribution >= 4 is 0 Å². The highest BCUT2D eigenvalue weighted by Gasteiger charge is 2.73. The van der Waals surface area contributed by atoms with E-state index in [1.165, 1.54) is 0 Å². The summed E-state index contributed by atoms with van der Waals surface area (Å²) in [5.41, 5.74) is -3.30. The molecule has 144 valence electrons. The van der Waals surface area contributed by atoms with E-state index >= 15 is 4.39 Å². The summed E-state index contributed by atoms with van der Waals surface area (Å²) in [4.78, 5) is 0. The van der Waals surface area contributed by atoms with Gasteiger partial charge < -0.3 is 15.3 Å². The SMILES string of the molecule is C[C@H]1C[C@H]2[C@@H]3CC=C4C=CC=C[C@]4(C)[C@@]3(F)[C@@H](O)C[C@]2(C)[C@@]1(O)CCO. The molecule has 8 atom stereocenters. The predicted molar refractivity (Wildman–Crippen MR) is 99.1 cm³/mol. The zero-order valence-corrected chi connectivity index (χ0v) is 16.0. The van der Waals surface area contributed by atoms with Gasteiger partial charge in [0.05, 0.1) is 11.7 Å². The highest BCUT2D eigenvalue weighted by Crippen LogP contribution is 2.70. The van der Waals surface area contributed by atoms with Crippen molar-refractivity contribution in [3.05, 3.63) is 36.0 Å². The molecule has 0 aromatic rings. The smallest absolute Gasteiger partial charge is 0.152 e. The summed E-state index contributed by atoms with van der Waals surface area (Å²) in [5, 5.41) is 32.1. The summed E-state index contributed by atoms with van der Waals surface area (Å²) in [6.07, 6.45) is 10.5. The molecule has 0 spiro atoms. The zero-order valence-electron chi connectivity index (χ0n) is 16.0. The molecule has 0 aromatic heterocycles. The Morgan fingerprint density at radius 3 is 2.65 bits per heavy atom. The van der Waals surface area contributed by atoms with Crippen molar-refractivity contribution in [3.63, 3.8) is 0 Å². The molecule has 2 saturated carbocycles. The van der Waals surface area contributed by atoms with Gasteiger partial charge in [-0.2, -0.15) is 0 Å². The lowest BCUT2D eigenvalue weighted by atomic mass is 9.45. The van der Waals surface area contributed by atoms with Crippen LogP contribution in [0.3, 0.4) is 0 Å². The molecular weight excluding hydrogens is 331 g/mol. The first-order valence-corrected chi connectivity index (χ1v) is 9.92. The molecule has 0 aliphatic heterocycles. The molecule has 4 rings (SSSR count). The van der Waals surface area contributed by atoms with Crippen LogP contribution in [0.1, 0.15) is 46.5 Å². The van der Waals surface area contributed by atoms with Gasteiger partial charge in [-0.05, 0) is 43.6 Å². The summed E-state index contributed by atoms with van der Waals surface area (Å²) < 4.78 is 16.8. The van der Waals surface area contributed by atoms with Gasteiger partial charge in [0.1, 0.15) is 0 Å². The fourth-order valence-electron chi connectivity index (χ4n) is 7.08. The van der Waals surface area contributed by atoms with Crippen molar-refractivity contribution in [1.82, 2.24) is 0 Å². The van der Waals surface area contributed by atoms with Gasteiger partial charge in [-0.25, -0.2) is 4.39 Å². The second-order valence-electron chi connectivity index (χ2n) is 9.47. The van der Waals surface area contributed by atoms with E-state index in [0.717, 1.165) is 12.0 Å². The number of aliphatic hydroxyl groups excluding tert-OH is 2. The minimum absolute atomic E-state index is 0.0172. The first-order valence-electron chi connectivity index (χ1n) is 9.92. The summed E-state index contributed by atoms with van der Waals surface area (Å²) >= 11 is 0. The van der Waals surface area contributed by atoms with Crippen LogP contribution in [0.25, 0.3) is 0 Å². The van der Waals surface area contributed by atoms with Gasteiger partial charge in [0.25, 0.3) is 0 Å². The fraction of sp³-hybridized carbons (Fsp3) is 0.727. The minimum atomic E-state index is -1.74. The lowest BCUT2D eigenvalue weighted by Gasteiger charge is -2.62. The van der Waals surface area contributed by atoms with Crippen LogP contribution in [0.2, 0.25) is 0 Å². The zero-order chi connectivity index (χ0) is 19.0. The molecule has 0 bridgehead atoms. The van der Waals surface area contributed by atoms with Gasteiger partial charge in [-0.3, -0.25) is 0 Å². The van der Waals surface area contributed by atoms with Crippen LogP contribution < -0.4 is 0 Å². The van der Waals surface area contributed by atoms with Crippen LogP contribution >= 0.6 is 0 Å². The van der Waals surface area contributed by atoms with E-state index in [-0.39, 0.29) is 37.2 Å². The van der Waals surface area contributed by atoms with Crippen molar-refractivity contribution in [3.8, 4) is 0 Å². The molecule has 26 heavy (non-hydrogen) atoms. The Morgan fingerprint density at radius 2 is 1.96 bits per heavy atom. The third kappa shape index (κ3) is 1.88. The van der Waals surface area contributed by atoms with Gasteiger partial charge in [0, 0.05) is 29.8 Å². The Kier molecular flexibility index (Phi) is 3.91. The average molecular weight is 362 g/mol. The molecule has 4 aliphatic rings. The van der Waals surface area contributed by atoms with Gasteiger partial charge >= 0.3 is 0 Å². The van der Waals surface area contributed by atoms with Crippen molar-refractivity contribution in [1.29, 1.82) is 0 Å². The summed E-state index contributed by atoms with van der Waals surface area (Å²) in [6, 6.07) is 0. The highest BCUT2D eigenvalue weighted by molar-refractivity contribution is 5.45. The molecule has 0 amide bonds. The largest absolute Gasteiger partial charge is 0.396 e. The van der Waals surface area contributed by atoms with E-state index in [4.69, 9.17) is 0 Å². The third-order valence-electron chi connectivity index (χ3n) is 8.65. The first-order chi connectivity index (χ1) is 12.1.